The zero-order valence-corrected chi connectivity index (χ0v) is 13.0. The van der Waals surface area contributed by atoms with Crippen molar-refractivity contribution in [1.29, 1.82) is 0 Å². The topological polar surface area (TPSA) is 64.4 Å². The molecule has 0 bridgehead atoms. The fourth-order valence-electron chi connectivity index (χ4n) is 2.35. The average molecular weight is 332 g/mol. The van der Waals surface area contributed by atoms with Crippen molar-refractivity contribution in [3.05, 3.63) is 53.6 Å². The molecule has 2 aromatic heterocycles. The van der Waals surface area contributed by atoms with Crippen LogP contribution in [0, 0.1) is 18.6 Å². The molecule has 0 aliphatic rings. The number of aryl methyl sites for hydroxylation is 1. The molecule has 0 aliphatic carbocycles. The molecule has 1 N–H and O–H groups in total. The standard InChI is InChI=1S/C17H14F2N2O3/c1-3-23-17(22)16-14(10-8-20-5-4-13(10)24-16)21-15-11(18)6-9(2)7-12(15)19/h4-8,21H,3H2,1-2H3. The van der Waals surface area contributed by atoms with Gasteiger partial charge in [0, 0.05) is 12.4 Å². The highest BCUT2D eigenvalue weighted by molar-refractivity contribution is 6.05. The van der Waals surface area contributed by atoms with Gasteiger partial charge in [-0.2, -0.15) is 0 Å². The van der Waals surface area contributed by atoms with Crippen molar-refractivity contribution in [3.8, 4) is 0 Å². The van der Waals surface area contributed by atoms with Crippen LogP contribution < -0.4 is 5.32 Å². The average Bonchev–Trinajstić information content (AvgIpc) is 2.90. The maximum Gasteiger partial charge on any atom is 0.376 e. The van der Waals surface area contributed by atoms with Crippen molar-refractivity contribution in [2.75, 3.05) is 11.9 Å². The summed E-state index contributed by atoms with van der Waals surface area (Å²) in [6.45, 7) is 3.37. The fraction of sp³-hybridized carbons (Fsp3) is 0.176. The minimum atomic E-state index is -0.777. The second-order valence-electron chi connectivity index (χ2n) is 5.13. The van der Waals surface area contributed by atoms with E-state index in [1.54, 1.807) is 19.9 Å². The lowest BCUT2D eigenvalue weighted by atomic mass is 10.2. The Morgan fingerprint density at radius 1 is 1.29 bits per heavy atom. The monoisotopic (exact) mass is 332 g/mol. The molecule has 0 spiro atoms. The fourth-order valence-corrected chi connectivity index (χ4v) is 2.35. The van der Waals surface area contributed by atoms with Crippen LogP contribution >= 0.6 is 0 Å². The van der Waals surface area contributed by atoms with Crippen molar-refractivity contribution in [2.45, 2.75) is 13.8 Å². The lowest BCUT2D eigenvalue weighted by Gasteiger charge is -2.10. The van der Waals surface area contributed by atoms with Crippen LogP contribution in [0.5, 0.6) is 0 Å². The van der Waals surface area contributed by atoms with E-state index in [4.69, 9.17) is 9.15 Å². The molecule has 7 heteroatoms. The van der Waals surface area contributed by atoms with E-state index < -0.39 is 17.6 Å². The Labute approximate surface area is 136 Å². The third kappa shape index (κ3) is 2.80. The number of rotatable bonds is 4. The van der Waals surface area contributed by atoms with Crippen LogP contribution in [0.1, 0.15) is 23.0 Å². The van der Waals surface area contributed by atoms with E-state index in [2.05, 4.69) is 10.3 Å². The lowest BCUT2D eigenvalue weighted by Crippen LogP contribution is -2.07. The Kier molecular flexibility index (Phi) is 4.16. The van der Waals surface area contributed by atoms with Crippen LogP contribution in [0.3, 0.4) is 0 Å². The Bertz CT molecular complexity index is 898. The van der Waals surface area contributed by atoms with Crippen molar-refractivity contribution in [2.24, 2.45) is 0 Å². The number of carbonyl (C=O) groups is 1. The molecule has 3 rings (SSSR count). The highest BCUT2D eigenvalue weighted by atomic mass is 19.1. The third-order valence-electron chi connectivity index (χ3n) is 3.39. The maximum atomic E-state index is 14.1. The molecular weight excluding hydrogens is 318 g/mol. The van der Waals surface area contributed by atoms with E-state index in [1.807, 2.05) is 0 Å². The summed E-state index contributed by atoms with van der Waals surface area (Å²) in [5, 5.41) is 3.03. The van der Waals surface area contributed by atoms with Gasteiger partial charge in [0.15, 0.2) is 0 Å². The number of esters is 1. The first-order valence-electron chi connectivity index (χ1n) is 7.27. The zero-order chi connectivity index (χ0) is 17.3. The Balaban J connectivity index is 2.15. The smallest absolute Gasteiger partial charge is 0.376 e. The molecule has 24 heavy (non-hydrogen) atoms. The van der Waals surface area contributed by atoms with E-state index in [9.17, 15) is 13.6 Å². The number of ether oxygens (including phenoxy) is 1. The molecule has 124 valence electrons. The van der Waals surface area contributed by atoms with Crippen LogP contribution in [-0.4, -0.2) is 17.6 Å². The molecule has 0 radical (unpaired) electrons. The van der Waals surface area contributed by atoms with Crippen molar-refractivity contribution >= 4 is 28.3 Å². The Morgan fingerprint density at radius 3 is 2.67 bits per heavy atom. The molecular formula is C17H14F2N2O3. The summed E-state index contributed by atoms with van der Waals surface area (Å²) in [6, 6.07) is 3.93. The normalized spacial score (nSPS) is 10.8. The lowest BCUT2D eigenvalue weighted by molar-refractivity contribution is 0.0494. The summed E-state index contributed by atoms with van der Waals surface area (Å²) in [4.78, 5) is 16.0. The Hall–Kier alpha value is -2.96. The van der Waals surface area contributed by atoms with Crippen molar-refractivity contribution < 1.29 is 22.7 Å². The molecule has 5 nitrogen and oxygen atoms in total. The predicted octanol–water partition coefficient (Wildman–Crippen LogP) is 4.33. The third-order valence-corrected chi connectivity index (χ3v) is 3.39. The molecule has 3 aromatic rings. The van der Waals surface area contributed by atoms with Gasteiger partial charge in [-0.25, -0.2) is 13.6 Å². The van der Waals surface area contributed by atoms with Crippen LogP contribution in [0.15, 0.2) is 35.0 Å². The molecule has 0 unspecified atom stereocenters. The first-order chi connectivity index (χ1) is 11.5. The molecule has 1 aromatic carbocycles. The van der Waals surface area contributed by atoms with Gasteiger partial charge in [-0.15, -0.1) is 0 Å². The molecule has 0 aliphatic heterocycles. The number of carbonyl (C=O) groups excluding carboxylic acids is 1. The highest BCUT2D eigenvalue weighted by Crippen LogP contribution is 2.35. The minimum Gasteiger partial charge on any atom is -0.460 e. The summed E-state index contributed by atoms with van der Waals surface area (Å²) in [5.74, 6) is -2.45. The molecule has 2 heterocycles. The maximum absolute atomic E-state index is 14.1. The van der Waals surface area contributed by atoms with Crippen LogP contribution in [-0.2, 0) is 4.74 Å². The highest BCUT2D eigenvalue weighted by Gasteiger charge is 2.24. The van der Waals surface area contributed by atoms with Gasteiger partial charge >= 0.3 is 5.97 Å². The SMILES string of the molecule is CCOC(=O)c1oc2ccncc2c1Nc1c(F)cc(C)cc1F. The van der Waals surface area contributed by atoms with Gasteiger partial charge in [-0.1, -0.05) is 0 Å². The second kappa shape index (κ2) is 6.27. The van der Waals surface area contributed by atoms with Gasteiger partial charge in [0.05, 0.1) is 12.0 Å². The number of nitrogens with zero attached hydrogens (tertiary/aromatic N) is 1. The van der Waals surface area contributed by atoms with E-state index in [0.717, 1.165) is 0 Å². The van der Waals surface area contributed by atoms with Crippen LogP contribution in [0.4, 0.5) is 20.2 Å². The minimum absolute atomic E-state index is 0.109. The van der Waals surface area contributed by atoms with Crippen molar-refractivity contribution in [3.63, 3.8) is 0 Å². The summed E-state index contributed by atoms with van der Waals surface area (Å²) in [5.41, 5.74) is 0.527. The van der Waals surface area contributed by atoms with Gasteiger partial charge in [-0.3, -0.25) is 4.98 Å². The number of nitrogens with one attached hydrogen (secondary N) is 1. The number of hydrogen-bond donors (Lipinski definition) is 1. The first kappa shape index (κ1) is 15.9. The van der Waals surface area contributed by atoms with Crippen LogP contribution in [0.2, 0.25) is 0 Å². The van der Waals surface area contributed by atoms with Gasteiger partial charge in [0.25, 0.3) is 0 Å². The van der Waals surface area contributed by atoms with E-state index >= 15 is 0 Å². The summed E-state index contributed by atoms with van der Waals surface area (Å²) in [6.07, 6.45) is 2.92. The van der Waals surface area contributed by atoms with Gasteiger partial charge < -0.3 is 14.5 Å². The molecule has 0 fully saturated rings. The molecule has 0 amide bonds. The van der Waals surface area contributed by atoms with Gasteiger partial charge in [0.1, 0.15) is 28.6 Å². The Morgan fingerprint density at radius 2 is 2.00 bits per heavy atom. The number of hydrogen-bond acceptors (Lipinski definition) is 5. The number of anilines is 2. The number of benzene rings is 1. The van der Waals surface area contributed by atoms with Gasteiger partial charge in [0.2, 0.25) is 5.76 Å². The summed E-state index contributed by atoms with van der Waals surface area (Å²) >= 11 is 0. The number of aromatic nitrogens is 1. The van der Waals surface area contributed by atoms with E-state index in [0.29, 0.717) is 16.5 Å². The second-order valence-corrected chi connectivity index (χ2v) is 5.13. The van der Waals surface area contributed by atoms with Crippen LogP contribution in [0.25, 0.3) is 11.0 Å². The van der Waals surface area contributed by atoms with E-state index in [-0.39, 0.29) is 23.7 Å². The number of fused-ring (bicyclic) bond motifs is 1. The number of furan rings is 1. The first-order valence-corrected chi connectivity index (χ1v) is 7.27. The van der Waals surface area contributed by atoms with Crippen molar-refractivity contribution in [1.82, 2.24) is 4.98 Å². The quantitative estimate of drug-likeness (QED) is 0.720. The van der Waals surface area contributed by atoms with Gasteiger partial charge in [-0.05, 0) is 37.6 Å². The number of halogens is 2. The number of pyridine rings is 1. The molecule has 0 saturated heterocycles. The summed E-state index contributed by atoms with van der Waals surface area (Å²) in [7, 11) is 0. The largest absolute Gasteiger partial charge is 0.460 e. The zero-order valence-electron chi connectivity index (χ0n) is 13.0. The molecule has 0 saturated carbocycles. The van der Waals surface area contributed by atoms with E-state index in [1.165, 1.54) is 24.5 Å². The summed E-state index contributed by atoms with van der Waals surface area (Å²) < 4.78 is 38.6. The molecule has 0 atom stereocenters. The predicted molar refractivity (Wildman–Crippen MR) is 84.3 cm³/mol.